The molecule has 0 aliphatic carbocycles. The molecule has 16 heavy (non-hydrogen) atoms. The molecule has 1 aromatic rings. The predicted octanol–water partition coefficient (Wildman–Crippen LogP) is 3.24. The molecule has 0 bridgehead atoms. The van der Waals surface area contributed by atoms with E-state index in [2.05, 4.69) is 0 Å². The SMILES string of the molecule is CC(=O)CCCCCCC(O)c1ccco1. The van der Waals surface area contributed by atoms with Crippen LogP contribution in [0.1, 0.15) is 57.3 Å². The van der Waals surface area contributed by atoms with Gasteiger partial charge in [-0.2, -0.15) is 0 Å². The lowest BCUT2D eigenvalue weighted by atomic mass is 10.1. The average molecular weight is 224 g/mol. The molecule has 3 heteroatoms. The Labute approximate surface area is 96.5 Å². The molecule has 3 nitrogen and oxygen atoms in total. The zero-order valence-electron chi connectivity index (χ0n) is 9.82. The fourth-order valence-corrected chi connectivity index (χ4v) is 1.69. The number of ketones is 1. The zero-order chi connectivity index (χ0) is 11.8. The lowest BCUT2D eigenvalue weighted by Gasteiger charge is -2.06. The van der Waals surface area contributed by atoms with Crippen LogP contribution in [-0.2, 0) is 4.79 Å². The number of hydrogen-bond acceptors (Lipinski definition) is 3. The Morgan fingerprint density at radius 3 is 2.75 bits per heavy atom. The molecule has 1 atom stereocenters. The number of carbonyl (C=O) groups is 1. The first-order valence-electron chi connectivity index (χ1n) is 5.91. The maximum absolute atomic E-state index is 10.7. The van der Waals surface area contributed by atoms with E-state index in [-0.39, 0.29) is 5.78 Å². The minimum Gasteiger partial charge on any atom is -0.467 e. The number of aliphatic hydroxyl groups excluding tert-OH is 1. The Balaban J connectivity index is 2.01. The molecule has 1 N–H and O–H groups in total. The molecular formula is C13H20O3. The first-order valence-corrected chi connectivity index (χ1v) is 5.91. The van der Waals surface area contributed by atoms with E-state index in [4.69, 9.17) is 4.42 Å². The van der Waals surface area contributed by atoms with Crippen LogP contribution in [0.3, 0.4) is 0 Å². The number of unbranched alkanes of at least 4 members (excludes halogenated alkanes) is 3. The van der Waals surface area contributed by atoms with Crippen LogP contribution in [0.4, 0.5) is 0 Å². The lowest BCUT2D eigenvalue weighted by Crippen LogP contribution is -1.95. The summed E-state index contributed by atoms with van der Waals surface area (Å²) in [5, 5.41) is 9.71. The van der Waals surface area contributed by atoms with Gasteiger partial charge in [0.1, 0.15) is 17.6 Å². The molecule has 0 saturated heterocycles. The summed E-state index contributed by atoms with van der Waals surface area (Å²) in [7, 11) is 0. The van der Waals surface area contributed by atoms with Crippen LogP contribution in [0.5, 0.6) is 0 Å². The van der Waals surface area contributed by atoms with Gasteiger partial charge in [-0.05, 0) is 31.9 Å². The summed E-state index contributed by atoms with van der Waals surface area (Å²) in [5.41, 5.74) is 0. The van der Waals surface area contributed by atoms with Gasteiger partial charge in [-0.25, -0.2) is 0 Å². The van der Waals surface area contributed by atoms with Gasteiger partial charge in [-0.15, -0.1) is 0 Å². The van der Waals surface area contributed by atoms with Crippen LogP contribution in [-0.4, -0.2) is 10.9 Å². The van der Waals surface area contributed by atoms with Crippen LogP contribution < -0.4 is 0 Å². The van der Waals surface area contributed by atoms with Crippen LogP contribution in [0.2, 0.25) is 0 Å². The van der Waals surface area contributed by atoms with Crippen LogP contribution in [0.15, 0.2) is 22.8 Å². The summed E-state index contributed by atoms with van der Waals surface area (Å²) in [6, 6.07) is 3.58. The molecule has 0 aromatic carbocycles. The zero-order valence-corrected chi connectivity index (χ0v) is 9.82. The highest BCUT2D eigenvalue weighted by Gasteiger charge is 2.09. The van der Waals surface area contributed by atoms with E-state index in [9.17, 15) is 9.90 Å². The molecule has 1 aromatic heterocycles. The lowest BCUT2D eigenvalue weighted by molar-refractivity contribution is -0.117. The second-order valence-electron chi connectivity index (χ2n) is 4.19. The van der Waals surface area contributed by atoms with E-state index in [1.165, 1.54) is 0 Å². The van der Waals surface area contributed by atoms with Crippen molar-refractivity contribution in [2.24, 2.45) is 0 Å². The normalized spacial score (nSPS) is 12.6. The summed E-state index contributed by atoms with van der Waals surface area (Å²) in [4.78, 5) is 10.7. The highest BCUT2D eigenvalue weighted by molar-refractivity contribution is 5.75. The van der Waals surface area contributed by atoms with E-state index >= 15 is 0 Å². The maximum atomic E-state index is 10.7. The number of aliphatic hydroxyl groups is 1. The number of furan rings is 1. The monoisotopic (exact) mass is 224 g/mol. The van der Waals surface area contributed by atoms with Gasteiger partial charge < -0.3 is 14.3 Å². The Morgan fingerprint density at radius 1 is 1.38 bits per heavy atom. The van der Waals surface area contributed by atoms with Gasteiger partial charge in [0.15, 0.2) is 0 Å². The van der Waals surface area contributed by atoms with Crippen molar-refractivity contribution in [3.63, 3.8) is 0 Å². The second-order valence-corrected chi connectivity index (χ2v) is 4.19. The molecular weight excluding hydrogens is 204 g/mol. The number of Topliss-reactive ketones (excluding diaryl/α,β-unsaturated/α-hetero) is 1. The van der Waals surface area contributed by atoms with Crippen molar-refractivity contribution in [1.29, 1.82) is 0 Å². The number of rotatable bonds is 8. The molecule has 0 spiro atoms. The molecule has 1 heterocycles. The predicted molar refractivity (Wildman–Crippen MR) is 62.1 cm³/mol. The van der Waals surface area contributed by atoms with Crippen LogP contribution >= 0.6 is 0 Å². The van der Waals surface area contributed by atoms with Gasteiger partial charge in [0.05, 0.1) is 6.26 Å². The molecule has 0 aliphatic heterocycles. The smallest absolute Gasteiger partial charge is 0.132 e. The van der Waals surface area contributed by atoms with E-state index in [1.807, 2.05) is 0 Å². The van der Waals surface area contributed by atoms with Crippen molar-refractivity contribution >= 4 is 5.78 Å². The maximum Gasteiger partial charge on any atom is 0.132 e. The summed E-state index contributed by atoms with van der Waals surface area (Å²) in [5.74, 6) is 0.902. The van der Waals surface area contributed by atoms with Gasteiger partial charge in [0, 0.05) is 6.42 Å². The van der Waals surface area contributed by atoms with Crippen LogP contribution in [0.25, 0.3) is 0 Å². The van der Waals surface area contributed by atoms with E-state index in [0.717, 1.165) is 32.1 Å². The minimum absolute atomic E-state index is 0.260. The standard InChI is InChI=1S/C13H20O3/c1-11(14)7-4-2-3-5-8-12(15)13-9-6-10-16-13/h6,9-10,12,15H,2-5,7-8H2,1H3. The third-order valence-electron chi connectivity index (χ3n) is 2.63. The van der Waals surface area contributed by atoms with Crippen molar-refractivity contribution in [3.8, 4) is 0 Å². The topological polar surface area (TPSA) is 50.4 Å². The Kier molecular flexibility index (Phi) is 5.86. The molecule has 1 unspecified atom stereocenters. The van der Waals surface area contributed by atoms with E-state index in [0.29, 0.717) is 12.2 Å². The quantitative estimate of drug-likeness (QED) is 0.689. The molecule has 0 fully saturated rings. The highest BCUT2D eigenvalue weighted by Crippen LogP contribution is 2.20. The van der Waals surface area contributed by atoms with Crippen molar-refractivity contribution in [2.45, 2.75) is 51.6 Å². The Hall–Kier alpha value is -1.09. The van der Waals surface area contributed by atoms with Crippen molar-refractivity contribution in [1.82, 2.24) is 0 Å². The molecule has 1 rings (SSSR count). The van der Waals surface area contributed by atoms with Gasteiger partial charge in [0.2, 0.25) is 0 Å². The van der Waals surface area contributed by atoms with Crippen LogP contribution in [0, 0.1) is 0 Å². The second kappa shape index (κ2) is 7.23. The molecule has 0 radical (unpaired) electrons. The molecule has 0 amide bonds. The third-order valence-corrected chi connectivity index (χ3v) is 2.63. The number of hydrogen-bond donors (Lipinski definition) is 1. The first-order chi connectivity index (χ1) is 7.70. The Bertz CT molecular complexity index is 290. The third kappa shape index (κ3) is 5.12. The minimum atomic E-state index is -0.484. The fraction of sp³-hybridized carbons (Fsp3) is 0.615. The largest absolute Gasteiger partial charge is 0.467 e. The number of carbonyl (C=O) groups excluding carboxylic acids is 1. The van der Waals surface area contributed by atoms with Crippen molar-refractivity contribution in [3.05, 3.63) is 24.2 Å². The summed E-state index contributed by atoms with van der Waals surface area (Å²) in [6.07, 6.45) is 6.56. The fourth-order valence-electron chi connectivity index (χ4n) is 1.69. The van der Waals surface area contributed by atoms with E-state index in [1.54, 1.807) is 25.3 Å². The average Bonchev–Trinajstić information content (AvgIpc) is 2.75. The van der Waals surface area contributed by atoms with Crippen molar-refractivity contribution < 1.29 is 14.3 Å². The molecule has 0 saturated carbocycles. The van der Waals surface area contributed by atoms with Gasteiger partial charge in [-0.1, -0.05) is 19.3 Å². The summed E-state index contributed by atoms with van der Waals surface area (Å²) >= 11 is 0. The highest BCUT2D eigenvalue weighted by atomic mass is 16.4. The van der Waals surface area contributed by atoms with Gasteiger partial charge in [0.25, 0.3) is 0 Å². The van der Waals surface area contributed by atoms with Gasteiger partial charge >= 0.3 is 0 Å². The van der Waals surface area contributed by atoms with E-state index < -0.39 is 6.10 Å². The summed E-state index contributed by atoms with van der Waals surface area (Å²) < 4.78 is 5.11. The Morgan fingerprint density at radius 2 is 2.12 bits per heavy atom. The summed E-state index contributed by atoms with van der Waals surface area (Å²) in [6.45, 7) is 1.63. The first kappa shape index (κ1) is 13.0. The molecule has 90 valence electrons. The molecule has 0 aliphatic rings. The van der Waals surface area contributed by atoms with Crippen molar-refractivity contribution in [2.75, 3.05) is 0 Å². The van der Waals surface area contributed by atoms with Gasteiger partial charge in [-0.3, -0.25) is 0 Å².